The van der Waals surface area contributed by atoms with Gasteiger partial charge in [0.1, 0.15) is 0 Å². The van der Waals surface area contributed by atoms with Crippen LogP contribution in [0.15, 0.2) is 60.7 Å². The Morgan fingerprint density at radius 1 is 0.727 bits per heavy atom. The first-order chi connectivity index (χ1) is 10.6. The minimum absolute atomic E-state index is 0.0972. The molecule has 2 atom stereocenters. The van der Waals surface area contributed by atoms with Crippen molar-refractivity contribution >= 4 is 11.8 Å². The van der Waals surface area contributed by atoms with Crippen LogP contribution in [0, 0.1) is 0 Å². The van der Waals surface area contributed by atoms with Crippen molar-refractivity contribution in [1.29, 1.82) is 0 Å². The van der Waals surface area contributed by atoms with E-state index in [1.165, 1.54) is 4.90 Å². The Morgan fingerprint density at radius 2 is 1.09 bits per heavy atom. The number of imide groups is 1. The number of amides is 2. The summed E-state index contributed by atoms with van der Waals surface area (Å²) in [5.41, 5.74) is 1.80. The van der Waals surface area contributed by atoms with Crippen LogP contribution in [0.2, 0.25) is 0 Å². The third-order valence-corrected chi connectivity index (χ3v) is 4.17. The first kappa shape index (κ1) is 14.5. The molecule has 2 amide bonds. The van der Waals surface area contributed by atoms with E-state index < -0.39 is 11.8 Å². The van der Waals surface area contributed by atoms with E-state index in [9.17, 15) is 9.59 Å². The third-order valence-electron chi connectivity index (χ3n) is 4.17. The smallest absolute Gasteiger partial charge is 0.238 e. The zero-order chi connectivity index (χ0) is 15.7. The number of nitrogens with zero attached hydrogens (tertiary/aromatic N) is 1. The molecule has 0 saturated carbocycles. The number of carbonyl (C=O) groups excluding carboxylic acids is 2. The molecular formula is C19H19NO2. The summed E-state index contributed by atoms with van der Waals surface area (Å²) in [7, 11) is 0. The second-order valence-electron chi connectivity index (χ2n) is 5.92. The lowest BCUT2D eigenvalue weighted by molar-refractivity contribution is -0.140. The van der Waals surface area contributed by atoms with Crippen molar-refractivity contribution in [3.05, 3.63) is 71.8 Å². The second kappa shape index (κ2) is 5.76. The first-order valence-corrected chi connectivity index (χ1v) is 7.58. The average Bonchev–Trinajstić information content (AvgIpc) is 2.80. The van der Waals surface area contributed by atoms with E-state index in [1.807, 2.05) is 74.5 Å². The normalized spacial score (nSPS) is 21.7. The summed E-state index contributed by atoms with van der Waals surface area (Å²) in [4.78, 5) is 27.1. The van der Waals surface area contributed by atoms with Gasteiger partial charge in [-0.3, -0.25) is 14.5 Å². The van der Waals surface area contributed by atoms with Gasteiger partial charge in [0, 0.05) is 6.04 Å². The Morgan fingerprint density at radius 3 is 1.41 bits per heavy atom. The molecule has 1 heterocycles. The van der Waals surface area contributed by atoms with Crippen molar-refractivity contribution < 1.29 is 9.59 Å². The number of rotatable bonds is 3. The van der Waals surface area contributed by atoms with Gasteiger partial charge in [0.15, 0.2) is 0 Å². The van der Waals surface area contributed by atoms with Crippen LogP contribution in [0.4, 0.5) is 0 Å². The van der Waals surface area contributed by atoms with Gasteiger partial charge in [-0.25, -0.2) is 0 Å². The zero-order valence-electron chi connectivity index (χ0n) is 12.8. The molecule has 1 saturated heterocycles. The summed E-state index contributed by atoms with van der Waals surface area (Å²) in [5.74, 6) is -1.06. The quantitative estimate of drug-likeness (QED) is 0.814. The van der Waals surface area contributed by atoms with Gasteiger partial charge in [-0.1, -0.05) is 60.7 Å². The molecule has 2 aromatic carbocycles. The van der Waals surface area contributed by atoms with E-state index in [0.29, 0.717) is 0 Å². The van der Waals surface area contributed by atoms with Crippen LogP contribution in [0.25, 0.3) is 0 Å². The van der Waals surface area contributed by atoms with Crippen molar-refractivity contribution in [2.75, 3.05) is 0 Å². The Balaban J connectivity index is 2.11. The Hall–Kier alpha value is -2.42. The SMILES string of the molecule is CC(C)N1C(=O)C(c2ccccc2)C(c2ccccc2)C1=O. The van der Waals surface area contributed by atoms with Crippen LogP contribution in [-0.4, -0.2) is 22.8 Å². The van der Waals surface area contributed by atoms with E-state index in [4.69, 9.17) is 0 Å². The molecule has 0 bridgehead atoms. The third kappa shape index (κ3) is 2.33. The highest BCUT2D eigenvalue weighted by molar-refractivity contribution is 6.10. The summed E-state index contributed by atoms with van der Waals surface area (Å²) in [6, 6.07) is 19.1. The van der Waals surface area contributed by atoms with E-state index in [2.05, 4.69) is 0 Å². The molecule has 0 aromatic heterocycles. The Labute approximate surface area is 130 Å². The van der Waals surface area contributed by atoms with Gasteiger partial charge in [0.05, 0.1) is 11.8 Å². The average molecular weight is 293 g/mol. The molecule has 1 aliphatic rings. The molecule has 3 rings (SSSR count). The summed E-state index contributed by atoms with van der Waals surface area (Å²) in [5, 5.41) is 0. The largest absolute Gasteiger partial charge is 0.279 e. The van der Waals surface area contributed by atoms with Gasteiger partial charge in [-0.2, -0.15) is 0 Å². The van der Waals surface area contributed by atoms with Crippen LogP contribution in [-0.2, 0) is 9.59 Å². The molecular weight excluding hydrogens is 274 g/mol. The topological polar surface area (TPSA) is 37.4 Å². The fourth-order valence-corrected chi connectivity index (χ4v) is 3.19. The van der Waals surface area contributed by atoms with Gasteiger partial charge >= 0.3 is 0 Å². The molecule has 22 heavy (non-hydrogen) atoms. The van der Waals surface area contributed by atoms with E-state index in [-0.39, 0.29) is 17.9 Å². The monoisotopic (exact) mass is 293 g/mol. The fraction of sp³-hybridized carbons (Fsp3) is 0.263. The number of likely N-dealkylation sites (tertiary alicyclic amines) is 1. The number of hydrogen-bond donors (Lipinski definition) is 0. The number of hydrogen-bond acceptors (Lipinski definition) is 2. The molecule has 0 spiro atoms. The standard InChI is InChI=1S/C19H19NO2/c1-13(2)20-18(21)16(14-9-5-3-6-10-14)17(19(20)22)15-11-7-4-8-12-15/h3-13,16-17H,1-2H3. The highest BCUT2D eigenvalue weighted by Gasteiger charge is 2.49. The fourth-order valence-electron chi connectivity index (χ4n) is 3.19. The maximum atomic E-state index is 12.8. The van der Waals surface area contributed by atoms with Gasteiger partial charge in [-0.05, 0) is 25.0 Å². The summed E-state index contributed by atoms with van der Waals surface area (Å²) in [6.45, 7) is 3.76. The minimum atomic E-state index is -0.432. The summed E-state index contributed by atoms with van der Waals surface area (Å²) < 4.78 is 0. The molecule has 3 nitrogen and oxygen atoms in total. The molecule has 3 heteroatoms. The predicted molar refractivity (Wildman–Crippen MR) is 85.4 cm³/mol. The van der Waals surface area contributed by atoms with Gasteiger partial charge in [0.2, 0.25) is 11.8 Å². The molecule has 2 aromatic rings. The van der Waals surface area contributed by atoms with Crippen LogP contribution in [0.3, 0.4) is 0 Å². The number of carbonyl (C=O) groups is 2. The predicted octanol–water partition coefficient (Wildman–Crippen LogP) is 3.33. The molecule has 1 aliphatic heterocycles. The molecule has 0 N–H and O–H groups in total. The van der Waals surface area contributed by atoms with Gasteiger partial charge in [0.25, 0.3) is 0 Å². The van der Waals surface area contributed by atoms with Crippen molar-refractivity contribution in [3.63, 3.8) is 0 Å². The van der Waals surface area contributed by atoms with Crippen molar-refractivity contribution in [2.24, 2.45) is 0 Å². The van der Waals surface area contributed by atoms with Gasteiger partial charge < -0.3 is 0 Å². The maximum Gasteiger partial charge on any atom is 0.238 e. The lowest BCUT2D eigenvalue weighted by Gasteiger charge is -2.19. The molecule has 2 unspecified atom stereocenters. The second-order valence-corrected chi connectivity index (χ2v) is 5.92. The minimum Gasteiger partial charge on any atom is -0.279 e. The van der Waals surface area contributed by atoms with Crippen LogP contribution in [0.5, 0.6) is 0 Å². The lowest BCUT2D eigenvalue weighted by atomic mass is 9.83. The molecule has 112 valence electrons. The highest BCUT2D eigenvalue weighted by atomic mass is 16.2. The summed E-state index contributed by atoms with van der Waals surface area (Å²) in [6.07, 6.45) is 0. The summed E-state index contributed by atoms with van der Waals surface area (Å²) >= 11 is 0. The zero-order valence-corrected chi connectivity index (χ0v) is 12.8. The Kier molecular flexibility index (Phi) is 3.80. The maximum absolute atomic E-state index is 12.8. The van der Waals surface area contributed by atoms with Crippen molar-refractivity contribution in [2.45, 2.75) is 31.7 Å². The molecule has 0 radical (unpaired) electrons. The number of benzene rings is 2. The van der Waals surface area contributed by atoms with E-state index in [1.54, 1.807) is 0 Å². The molecule has 1 fully saturated rings. The Bertz CT molecular complexity index is 622. The van der Waals surface area contributed by atoms with Crippen molar-refractivity contribution in [1.82, 2.24) is 4.90 Å². The molecule has 0 aliphatic carbocycles. The first-order valence-electron chi connectivity index (χ1n) is 7.58. The van der Waals surface area contributed by atoms with Crippen LogP contribution in [0.1, 0.15) is 36.8 Å². The van der Waals surface area contributed by atoms with Crippen LogP contribution < -0.4 is 0 Å². The van der Waals surface area contributed by atoms with Crippen molar-refractivity contribution in [3.8, 4) is 0 Å². The van der Waals surface area contributed by atoms with Crippen LogP contribution >= 0.6 is 0 Å². The lowest BCUT2D eigenvalue weighted by Crippen LogP contribution is -2.36. The van der Waals surface area contributed by atoms with E-state index >= 15 is 0 Å². The highest BCUT2D eigenvalue weighted by Crippen LogP contribution is 2.42. The van der Waals surface area contributed by atoms with Gasteiger partial charge in [-0.15, -0.1) is 0 Å². The van der Waals surface area contributed by atoms with E-state index in [0.717, 1.165) is 11.1 Å².